The molecular formula is C88H138N16O21S2. The third kappa shape index (κ3) is 32.3. The molecule has 0 aliphatic carbocycles. The standard InChI is InChI=1S/C88H138N16O21S2/c1-23-60(95-72(107)55(9)94-74(109)63(101-83(116)125-86(16,17)18)35-27-28-38-93-82(115)124-85(13,14)15)73(108)96-61(36-29-39-91-80(89)102-126(117,118)70-50(4)43-67-58(53(70)7)46-87(19,20)121-67)75(110)97-62(37-30-40-92-81(90)103-127(119,120)71-52(6)51(5)69-59(54(71)8)47-88(21,22)123-69)76(111)98-64(42-49(2)3)77(112)99-65(44-56-32-25-24-26-33-56)78(113)100-66(45-68(106)122-84(10,11)12)79(114)104-41-31-34-57(104)48-105/h24-26,32-33,43,49,55,57,60-66,105H,23,27-31,34-42,44-48H2,1-22H3,(H,93,115)(H,94,109)(H,95,107)(H,96,108)(H,97,110)(H,98,111)(H,99,112)(H,100,113)(H,101,116)(H3,89,91,102)(H3,90,92,103)/t55-,57-,60-,61-,62-,63-,64-,65-,66-/m0/s1. The number of aliphatic imine (C=N–C) groups is 2. The number of carbonyl (C=O) groups is 11. The van der Waals surface area contributed by atoms with E-state index in [0.717, 1.165) is 0 Å². The van der Waals surface area contributed by atoms with E-state index >= 15 is 14.4 Å². The van der Waals surface area contributed by atoms with Gasteiger partial charge in [-0.25, -0.2) is 35.9 Å². The number of guanidine groups is 2. The Kier molecular flexibility index (Phi) is 37.2. The number of nitrogens with one attached hydrogen (secondary N) is 11. The molecule has 9 atom stereocenters. The Labute approximate surface area is 747 Å². The Morgan fingerprint density at radius 1 is 0.551 bits per heavy atom. The van der Waals surface area contributed by atoms with Gasteiger partial charge in [-0.05, 0) is 248 Å². The van der Waals surface area contributed by atoms with Crippen molar-refractivity contribution in [3.05, 3.63) is 80.9 Å². The van der Waals surface area contributed by atoms with E-state index in [-0.39, 0.29) is 106 Å². The molecule has 1 fully saturated rings. The molecule has 3 aliphatic heterocycles. The topological polar surface area (TPSA) is 535 Å². The lowest BCUT2D eigenvalue weighted by Crippen LogP contribution is -2.60. The molecule has 0 saturated carbocycles. The molecule has 39 heteroatoms. The molecular weight excluding hydrogens is 1680 g/mol. The van der Waals surface area contributed by atoms with Crippen LogP contribution in [0.15, 0.2) is 56.2 Å². The number of hydrogen-bond donors (Lipinski definition) is 14. The SMILES string of the molecule is CC[C@H](NC(=O)[C@H](C)NC(=O)[C@H](CCCCNC(=O)OC(C)(C)C)NC(=O)OC(C)(C)C)C(=O)N[C@@H](CCCN=C(N)NS(=O)(=O)c1c(C)cc2c(c1C)CC(C)(C)O2)C(=O)N[C@@H](CCCN=C(N)NS(=O)(=O)c1c(C)c(C)c2c(c1C)CC(C)(C)O2)C(=O)N[C@@H](CC(C)C)C(=O)N[C@@H](Cc1ccccc1)C(=O)N[C@@H](CC(=O)OC(C)(C)C)C(=O)N1CCC[C@H]1CO. The van der Waals surface area contributed by atoms with Crippen molar-refractivity contribution in [3.63, 3.8) is 0 Å². The predicted octanol–water partition coefficient (Wildman–Crippen LogP) is 5.52. The number of sulfonamides is 2. The van der Waals surface area contributed by atoms with Gasteiger partial charge >= 0.3 is 18.2 Å². The van der Waals surface area contributed by atoms with Gasteiger partial charge in [0.25, 0.3) is 20.0 Å². The summed E-state index contributed by atoms with van der Waals surface area (Å²) in [6, 6.07) is -2.46. The second-order valence-electron chi connectivity index (χ2n) is 37.5. The molecule has 0 radical (unpaired) electrons. The van der Waals surface area contributed by atoms with Crippen molar-refractivity contribution in [2.45, 2.75) is 341 Å². The van der Waals surface area contributed by atoms with E-state index in [0.29, 0.717) is 88.1 Å². The quantitative estimate of drug-likeness (QED) is 0.0109. The van der Waals surface area contributed by atoms with Gasteiger partial charge in [0.2, 0.25) is 59.2 Å². The zero-order chi connectivity index (χ0) is 95.4. The molecule has 37 nitrogen and oxygen atoms in total. The van der Waals surface area contributed by atoms with Crippen molar-refractivity contribution in [3.8, 4) is 11.5 Å². The molecule has 1 saturated heterocycles. The zero-order valence-corrected chi connectivity index (χ0v) is 79.4. The summed E-state index contributed by atoms with van der Waals surface area (Å²) in [6.45, 7) is 36.6. The molecule has 0 spiro atoms. The fraction of sp³-hybridized carbons (Fsp3) is 0.648. The summed E-state index contributed by atoms with van der Waals surface area (Å²) in [7, 11) is -8.82. The molecule has 10 amide bonds. The zero-order valence-electron chi connectivity index (χ0n) is 77.8. The third-order valence-corrected chi connectivity index (χ3v) is 24.4. The van der Waals surface area contributed by atoms with Crippen LogP contribution in [0.5, 0.6) is 11.5 Å². The van der Waals surface area contributed by atoms with Gasteiger partial charge in [-0.3, -0.25) is 53.1 Å². The highest BCUT2D eigenvalue weighted by atomic mass is 32.2. The summed E-state index contributed by atoms with van der Waals surface area (Å²) >= 11 is 0. The fourth-order valence-electron chi connectivity index (χ4n) is 15.2. The first-order chi connectivity index (χ1) is 58.8. The van der Waals surface area contributed by atoms with Crippen LogP contribution in [0, 0.1) is 40.5 Å². The first-order valence-electron chi connectivity index (χ1n) is 43.4. The van der Waals surface area contributed by atoms with E-state index in [1.165, 1.54) is 11.8 Å². The Balaban J connectivity index is 1.36. The summed E-state index contributed by atoms with van der Waals surface area (Å²) in [5, 5.41) is 34.3. The van der Waals surface area contributed by atoms with Crippen LogP contribution in [-0.2, 0) is 96.7 Å². The molecule has 127 heavy (non-hydrogen) atoms. The van der Waals surface area contributed by atoms with Gasteiger partial charge in [0, 0.05) is 56.6 Å². The van der Waals surface area contributed by atoms with Gasteiger partial charge in [-0.15, -0.1) is 0 Å². The van der Waals surface area contributed by atoms with Crippen molar-refractivity contribution in [2.24, 2.45) is 27.4 Å². The minimum absolute atomic E-state index is 0.0137. The fourth-order valence-corrected chi connectivity index (χ4v) is 18.2. The van der Waals surface area contributed by atoms with Gasteiger partial charge in [0.1, 0.15) is 87.8 Å². The molecule has 3 aliphatic rings. The molecule has 3 heterocycles. The summed E-state index contributed by atoms with van der Waals surface area (Å²) in [5.74, 6) is -8.32. The number of alkyl carbamates (subject to hydrolysis) is 2. The highest BCUT2D eigenvalue weighted by Crippen LogP contribution is 2.44. The molecule has 3 aromatic carbocycles. The summed E-state index contributed by atoms with van der Waals surface area (Å²) in [5.41, 5.74) is 13.0. The molecule has 6 rings (SSSR count). The van der Waals surface area contributed by atoms with Crippen molar-refractivity contribution >= 4 is 97.4 Å². The van der Waals surface area contributed by atoms with Crippen LogP contribution in [0.1, 0.15) is 239 Å². The maximum absolute atomic E-state index is 15.4. The Hall–Kier alpha value is -10.6. The van der Waals surface area contributed by atoms with Crippen molar-refractivity contribution in [1.29, 1.82) is 0 Å². The Morgan fingerprint density at radius 2 is 1.02 bits per heavy atom. The van der Waals surface area contributed by atoms with Crippen LogP contribution in [0.2, 0.25) is 0 Å². The van der Waals surface area contributed by atoms with Crippen LogP contribution >= 0.6 is 0 Å². The number of ether oxygens (including phenoxy) is 5. The second kappa shape index (κ2) is 44.9. The number of benzene rings is 3. The highest BCUT2D eigenvalue weighted by Gasteiger charge is 2.42. The Bertz CT molecular complexity index is 4770. The number of likely N-dealkylation sites (tertiary alicyclic amines) is 1. The van der Waals surface area contributed by atoms with Crippen molar-refractivity contribution < 1.29 is 98.4 Å². The van der Waals surface area contributed by atoms with E-state index in [2.05, 4.69) is 67.3 Å². The first kappa shape index (κ1) is 105. The number of nitrogens with zero attached hydrogens (tertiary/aromatic N) is 3. The molecule has 0 bridgehead atoms. The number of hydrogen-bond acceptors (Lipinski definition) is 23. The summed E-state index contributed by atoms with van der Waals surface area (Å²) in [6.07, 6.45) is -1.14. The minimum atomic E-state index is -4.43. The van der Waals surface area contributed by atoms with E-state index in [9.17, 15) is 60.3 Å². The van der Waals surface area contributed by atoms with Crippen molar-refractivity contribution in [1.82, 2.24) is 62.2 Å². The van der Waals surface area contributed by atoms with Crippen LogP contribution in [0.3, 0.4) is 0 Å². The lowest BCUT2D eigenvalue weighted by Gasteiger charge is -2.30. The maximum atomic E-state index is 15.4. The molecule has 708 valence electrons. The van der Waals surface area contributed by atoms with Gasteiger partial charge in [0.15, 0.2) is 0 Å². The van der Waals surface area contributed by atoms with E-state index < -0.39 is 186 Å². The van der Waals surface area contributed by atoms with E-state index in [1.807, 2.05) is 27.7 Å². The number of nitrogens with two attached hydrogens (primary N) is 2. The number of aliphatic hydroxyl groups excluding tert-OH is 1. The number of carbonyl (C=O) groups excluding carboxylic acids is 11. The predicted molar refractivity (Wildman–Crippen MR) is 478 cm³/mol. The number of rotatable bonds is 41. The largest absolute Gasteiger partial charge is 0.487 e. The second-order valence-corrected chi connectivity index (χ2v) is 40.7. The average Bonchev–Trinajstić information content (AvgIpc) is 1.63. The normalized spacial score (nSPS) is 16.9. The highest BCUT2D eigenvalue weighted by molar-refractivity contribution is 7.90. The molecule has 0 unspecified atom stereocenters. The van der Waals surface area contributed by atoms with Gasteiger partial charge in [-0.1, -0.05) is 51.1 Å². The lowest BCUT2D eigenvalue weighted by molar-refractivity contribution is -0.158. The Morgan fingerprint density at radius 3 is 1.57 bits per heavy atom. The number of aryl methyl sites for hydroxylation is 1. The van der Waals surface area contributed by atoms with E-state index in [4.69, 9.17) is 35.2 Å². The van der Waals surface area contributed by atoms with Crippen LogP contribution in [0.25, 0.3) is 0 Å². The number of esters is 1. The lowest BCUT2D eigenvalue weighted by atomic mass is 9.94. The number of unbranched alkanes of at least 4 members (excludes halogenated alkanes) is 1. The van der Waals surface area contributed by atoms with E-state index in [1.54, 1.807) is 154 Å². The maximum Gasteiger partial charge on any atom is 0.408 e. The molecule has 16 N–H and O–H groups in total. The third-order valence-electron chi connectivity index (χ3n) is 21.1. The number of aliphatic hydroxyl groups is 1. The van der Waals surface area contributed by atoms with Crippen LogP contribution in [-0.4, -0.2) is 219 Å². The molecule has 0 aromatic heterocycles. The first-order valence-corrected chi connectivity index (χ1v) is 46.4. The van der Waals surface area contributed by atoms with Gasteiger partial charge < -0.3 is 93.0 Å². The summed E-state index contributed by atoms with van der Waals surface area (Å²) < 4.78 is 90.4. The van der Waals surface area contributed by atoms with Crippen LogP contribution < -0.4 is 78.2 Å². The summed E-state index contributed by atoms with van der Waals surface area (Å²) in [4.78, 5) is 168. The van der Waals surface area contributed by atoms with Crippen LogP contribution in [0.4, 0.5) is 9.59 Å². The number of fused-ring (bicyclic) bond motifs is 2. The smallest absolute Gasteiger partial charge is 0.408 e. The van der Waals surface area contributed by atoms with Gasteiger partial charge in [-0.2, -0.15) is 0 Å². The minimum Gasteiger partial charge on any atom is -0.487 e. The number of amides is 10. The monoisotopic (exact) mass is 1820 g/mol. The molecule has 3 aromatic rings. The van der Waals surface area contributed by atoms with Crippen molar-refractivity contribution in [2.75, 3.05) is 32.8 Å². The van der Waals surface area contributed by atoms with Gasteiger partial charge in [0.05, 0.1) is 28.9 Å². The average molecular weight is 1820 g/mol.